The van der Waals surface area contributed by atoms with E-state index in [9.17, 15) is 4.79 Å². The number of hydrogen-bond donors (Lipinski definition) is 0. The van der Waals surface area contributed by atoms with Gasteiger partial charge < -0.3 is 9.32 Å². The van der Waals surface area contributed by atoms with E-state index in [0.29, 0.717) is 12.3 Å². The van der Waals surface area contributed by atoms with Crippen molar-refractivity contribution in [3.05, 3.63) is 53.5 Å². The Balaban J connectivity index is 2.12. The Bertz CT molecular complexity index is 544. The molecule has 0 aliphatic carbocycles. The van der Waals surface area contributed by atoms with Gasteiger partial charge in [0.05, 0.1) is 12.8 Å². The average Bonchev–Trinajstić information content (AvgIpc) is 2.81. The van der Waals surface area contributed by atoms with Gasteiger partial charge in [-0.3, -0.25) is 4.79 Å². The number of carbonyl (C=O) groups is 1. The Kier molecular flexibility index (Phi) is 3.51. The van der Waals surface area contributed by atoms with Crippen LogP contribution in [0, 0.1) is 13.8 Å². The van der Waals surface area contributed by atoms with Crippen molar-refractivity contribution in [2.24, 2.45) is 0 Å². The number of aryl methyl sites for hydroxylation is 2. The number of anilines is 1. The normalized spacial score (nSPS) is 10.4. The summed E-state index contributed by atoms with van der Waals surface area (Å²) in [7, 11) is 1.92. The van der Waals surface area contributed by atoms with Gasteiger partial charge in [-0.2, -0.15) is 0 Å². The lowest BCUT2D eigenvalue weighted by Crippen LogP contribution is -2.26. The summed E-state index contributed by atoms with van der Waals surface area (Å²) in [5.74, 6) is 0.397. The van der Waals surface area contributed by atoms with Crippen LogP contribution in [0.5, 0.6) is 0 Å². The molecule has 1 aromatic carbocycles. The van der Waals surface area contributed by atoms with Crippen molar-refractivity contribution in [1.82, 2.24) is 0 Å². The van der Waals surface area contributed by atoms with Gasteiger partial charge in [-0.1, -0.05) is 17.7 Å². The molecule has 0 saturated heterocycles. The Morgan fingerprint density at radius 3 is 2.67 bits per heavy atom. The lowest BCUT2D eigenvalue weighted by atomic mass is 10.1. The van der Waals surface area contributed by atoms with Gasteiger partial charge in [-0.05, 0) is 37.6 Å². The molecule has 0 N–H and O–H groups in total. The number of rotatable bonds is 4. The second-order valence-corrected chi connectivity index (χ2v) is 4.55. The fourth-order valence-corrected chi connectivity index (χ4v) is 2.05. The Hall–Kier alpha value is -2.03. The SMILES string of the molecule is Cc1ccc(N(C)CC(=O)c2ccco2)c(C)c1. The number of likely N-dealkylation sites (N-methyl/N-ethyl adjacent to an activating group) is 1. The standard InChI is InChI=1S/C15H17NO2/c1-11-6-7-13(12(2)9-11)16(3)10-14(17)15-5-4-8-18-15/h4-9H,10H2,1-3H3. The molecule has 0 amide bonds. The fraction of sp³-hybridized carbons (Fsp3) is 0.267. The maximum atomic E-state index is 11.9. The van der Waals surface area contributed by atoms with E-state index in [1.54, 1.807) is 12.1 Å². The van der Waals surface area contributed by atoms with Crippen molar-refractivity contribution < 1.29 is 9.21 Å². The Labute approximate surface area is 107 Å². The number of carbonyl (C=O) groups excluding carboxylic acids is 1. The minimum absolute atomic E-state index is 0.0116. The van der Waals surface area contributed by atoms with Gasteiger partial charge in [0.15, 0.2) is 5.76 Å². The third-order valence-corrected chi connectivity index (χ3v) is 2.94. The maximum Gasteiger partial charge on any atom is 0.217 e. The van der Waals surface area contributed by atoms with Crippen molar-refractivity contribution in [2.75, 3.05) is 18.5 Å². The lowest BCUT2D eigenvalue weighted by molar-refractivity contribution is 0.0974. The number of benzene rings is 1. The minimum atomic E-state index is -0.0116. The highest BCUT2D eigenvalue weighted by Crippen LogP contribution is 2.20. The molecule has 0 aliphatic rings. The van der Waals surface area contributed by atoms with Gasteiger partial charge in [0.25, 0.3) is 0 Å². The zero-order chi connectivity index (χ0) is 13.1. The van der Waals surface area contributed by atoms with Crippen LogP contribution < -0.4 is 4.90 Å². The molecule has 2 rings (SSSR count). The molecule has 0 atom stereocenters. The van der Waals surface area contributed by atoms with Crippen LogP contribution in [-0.4, -0.2) is 19.4 Å². The topological polar surface area (TPSA) is 33.5 Å². The summed E-state index contributed by atoms with van der Waals surface area (Å²) in [4.78, 5) is 13.9. The highest BCUT2D eigenvalue weighted by Gasteiger charge is 2.13. The van der Waals surface area contributed by atoms with Crippen LogP contribution in [0.4, 0.5) is 5.69 Å². The summed E-state index contributed by atoms with van der Waals surface area (Å²) < 4.78 is 5.11. The molecule has 18 heavy (non-hydrogen) atoms. The van der Waals surface area contributed by atoms with E-state index in [1.807, 2.05) is 18.0 Å². The van der Waals surface area contributed by atoms with Crippen molar-refractivity contribution >= 4 is 11.5 Å². The second-order valence-electron chi connectivity index (χ2n) is 4.55. The molecule has 0 radical (unpaired) electrons. The molecule has 94 valence electrons. The number of furan rings is 1. The number of nitrogens with zero attached hydrogens (tertiary/aromatic N) is 1. The zero-order valence-corrected chi connectivity index (χ0v) is 10.9. The summed E-state index contributed by atoms with van der Waals surface area (Å²) in [6.45, 7) is 4.43. The predicted octanol–water partition coefficient (Wildman–Crippen LogP) is 3.22. The first kappa shape index (κ1) is 12.4. The average molecular weight is 243 g/mol. The van der Waals surface area contributed by atoms with Gasteiger partial charge >= 0.3 is 0 Å². The van der Waals surface area contributed by atoms with E-state index in [2.05, 4.69) is 26.0 Å². The second kappa shape index (κ2) is 5.08. The van der Waals surface area contributed by atoms with Crippen molar-refractivity contribution in [1.29, 1.82) is 0 Å². The minimum Gasteiger partial charge on any atom is -0.461 e. The Morgan fingerprint density at radius 2 is 2.06 bits per heavy atom. The lowest BCUT2D eigenvalue weighted by Gasteiger charge is -2.20. The molecule has 1 aromatic heterocycles. The molecule has 1 heterocycles. The van der Waals surface area contributed by atoms with Crippen molar-refractivity contribution in [2.45, 2.75) is 13.8 Å². The quantitative estimate of drug-likeness (QED) is 0.773. The molecule has 2 aromatic rings. The first-order valence-corrected chi connectivity index (χ1v) is 5.93. The third-order valence-electron chi connectivity index (χ3n) is 2.94. The van der Waals surface area contributed by atoms with Gasteiger partial charge in [0, 0.05) is 12.7 Å². The number of hydrogen-bond acceptors (Lipinski definition) is 3. The van der Waals surface area contributed by atoms with Crippen LogP contribution >= 0.6 is 0 Å². The summed E-state index contributed by atoms with van der Waals surface area (Å²) in [5, 5.41) is 0. The summed E-state index contributed by atoms with van der Waals surface area (Å²) in [5.41, 5.74) is 3.47. The Morgan fingerprint density at radius 1 is 1.28 bits per heavy atom. The van der Waals surface area contributed by atoms with Crippen LogP contribution in [0.15, 0.2) is 41.0 Å². The van der Waals surface area contributed by atoms with Gasteiger partial charge in [0.1, 0.15) is 0 Å². The molecule has 3 heteroatoms. The molecule has 0 spiro atoms. The molecule has 0 bridgehead atoms. The van der Waals surface area contributed by atoms with Crippen LogP contribution in [-0.2, 0) is 0 Å². The smallest absolute Gasteiger partial charge is 0.217 e. The zero-order valence-electron chi connectivity index (χ0n) is 10.9. The van der Waals surface area contributed by atoms with Crippen molar-refractivity contribution in [3.63, 3.8) is 0 Å². The molecule has 0 unspecified atom stereocenters. The molecule has 0 saturated carbocycles. The van der Waals surface area contributed by atoms with Crippen LogP contribution in [0.3, 0.4) is 0 Å². The molecule has 0 fully saturated rings. The largest absolute Gasteiger partial charge is 0.461 e. The van der Waals surface area contributed by atoms with Crippen LogP contribution in [0.2, 0.25) is 0 Å². The van der Waals surface area contributed by atoms with Crippen LogP contribution in [0.25, 0.3) is 0 Å². The van der Waals surface area contributed by atoms with Gasteiger partial charge in [-0.15, -0.1) is 0 Å². The van der Waals surface area contributed by atoms with E-state index in [-0.39, 0.29) is 5.78 Å². The molecule has 3 nitrogen and oxygen atoms in total. The van der Waals surface area contributed by atoms with Gasteiger partial charge in [0.2, 0.25) is 5.78 Å². The summed E-state index contributed by atoms with van der Waals surface area (Å²) in [6, 6.07) is 9.63. The van der Waals surface area contributed by atoms with E-state index >= 15 is 0 Å². The van der Waals surface area contributed by atoms with E-state index in [4.69, 9.17) is 4.42 Å². The first-order chi connectivity index (χ1) is 8.58. The molecular weight excluding hydrogens is 226 g/mol. The third kappa shape index (κ3) is 2.62. The predicted molar refractivity (Wildman–Crippen MR) is 72.2 cm³/mol. The van der Waals surface area contributed by atoms with Gasteiger partial charge in [-0.25, -0.2) is 0 Å². The first-order valence-electron chi connectivity index (χ1n) is 5.93. The van der Waals surface area contributed by atoms with E-state index in [0.717, 1.165) is 5.69 Å². The van der Waals surface area contributed by atoms with E-state index in [1.165, 1.54) is 17.4 Å². The summed E-state index contributed by atoms with van der Waals surface area (Å²) in [6.07, 6.45) is 1.52. The highest BCUT2D eigenvalue weighted by atomic mass is 16.3. The monoisotopic (exact) mass is 243 g/mol. The molecule has 0 aliphatic heterocycles. The van der Waals surface area contributed by atoms with Crippen molar-refractivity contribution in [3.8, 4) is 0 Å². The molecular formula is C15H17NO2. The maximum absolute atomic E-state index is 11.9. The highest BCUT2D eigenvalue weighted by molar-refractivity contribution is 5.96. The number of ketones is 1. The summed E-state index contributed by atoms with van der Waals surface area (Å²) >= 11 is 0. The van der Waals surface area contributed by atoms with Crippen LogP contribution in [0.1, 0.15) is 21.7 Å². The fourth-order valence-electron chi connectivity index (χ4n) is 2.05. The van der Waals surface area contributed by atoms with E-state index < -0.39 is 0 Å². The number of Topliss-reactive ketones (excluding diaryl/α,β-unsaturated/α-hetero) is 1.